The summed E-state index contributed by atoms with van der Waals surface area (Å²) in [5, 5.41) is 8.89. The van der Waals surface area contributed by atoms with Crippen LogP contribution in [0, 0.1) is 12.8 Å². The van der Waals surface area contributed by atoms with Crippen molar-refractivity contribution in [3.63, 3.8) is 0 Å². The molecule has 0 unspecified atom stereocenters. The van der Waals surface area contributed by atoms with Crippen molar-refractivity contribution in [2.45, 2.75) is 34.2 Å². The molecule has 0 aliphatic heterocycles. The van der Waals surface area contributed by atoms with Gasteiger partial charge in [-0.2, -0.15) is 0 Å². The lowest BCUT2D eigenvalue weighted by Crippen LogP contribution is -2.06. The third-order valence-electron chi connectivity index (χ3n) is 10.1. The number of furan rings is 1. The highest BCUT2D eigenvalue weighted by Crippen LogP contribution is 2.46. The van der Waals surface area contributed by atoms with Gasteiger partial charge in [-0.1, -0.05) is 136 Å². The maximum Gasteiger partial charge on any atom is 0.176 e. The molecule has 10 rings (SSSR count). The number of nitrogen functional groups attached to an aromatic ring is 1. The highest BCUT2D eigenvalue weighted by molar-refractivity contribution is 7.26. The molecule has 0 radical (unpaired) electrons. The number of nitrogens with zero attached hydrogens (tertiary/aromatic N) is 1. The number of thiophene rings is 1. The molecule has 0 aliphatic carbocycles. The molecule has 55 heavy (non-hydrogen) atoms. The van der Waals surface area contributed by atoms with Gasteiger partial charge >= 0.3 is 0 Å². The van der Waals surface area contributed by atoms with Gasteiger partial charge in [0.1, 0.15) is 11.3 Å². The van der Waals surface area contributed by atoms with Crippen molar-refractivity contribution in [2.75, 3.05) is 5.73 Å². The molecule has 8 aromatic carbocycles. The van der Waals surface area contributed by atoms with E-state index in [1.807, 2.05) is 41.7 Å². The Morgan fingerprint density at radius 2 is 1.22 bits per heavy atom. The van der Waals surface area contributed by atoms with Crippen LogP contribution in [0.1, 0.15) is 43.2 Å². The average molecular weight is 731 g/mol. The molecule has 3 nitrogen and oxygen atoms in total. The minimum Gasteiger partial charge on any atom is -0.452 e. The van der Waals surface area contributed by atoms with E-state index >= 15 is 0 Å². The number of hydrogen-bond donors (Lipinski definition) is 1. The molecule has 0 saturated carbocycles. The van der Waals surface area contributed by atoms with E-state index in [9.17, 15) is 0 Å². The molecule has 4 heteroatoms. The standard InChI is InChI=1S/C47H32N2OS.C4H10/c1-28-21-29(23-33(22-28)34-25-39-36-16-6-5-15-35(36)37-18-10-20-41-43(37)44(39)42(26-34)51-41)27-49-46(47-45(48)38-17-7-8-19-40(38)50-47)32-14-9-13-31(24-32)30-11-3-2-4-12-30;1-4(2)3/h2-26H,27,48H2,1H3;4H,1-3H3. The van der Waals surface area contributed by atoms with Gasteiger partial charge in [0.25, 0.3) is 0 Å². The van der Waals surface area contributed by atoms with Gasteiger partial charge in [-0.25, -0.2) is 0 Å². The van der Waals surface area contributed by atoms with Gasteiger partial charge < -0.3 is 10.2 Å². The van der Waals surface area contributed by atoms with Crippen molar-refractivity contribution in [2.24, 2.45) is 10.9 Å². The van der Waals surface area contributed by atoms with Crippen LogP contribution >= 0.6 is 11.3 Å². The first kappa shape index (κ1) is 34.5. The summed E-state index contributed by atoms with van der Waals surface area (Å²) in [4.78, 5) is 5.30. The molecule has 2 N–H and O–H groups in total. The maximum absolute atomic E-state index is 6.78. The highest BCUT2D eigenvalue weighted by atomic mass is 32.1. The summed E-state index contributed by atoms with van der Waals surface area (Å²) in [5.74, 6) is 1.43. The number of nitrogens with two attached hydrogens (primary N) is 1. The summed E-state index contributed by atoms with van der Waals surface area (Å²) in [5.41, 5.74) is 16.8. The van der Waals surface area contributed by atoms with Gasteiger partial charge in [0.15, 0.2) is 5.76 Å². The van der Waals surface area contributed by atoms with Crippen LogP contribution in [0.15, 0.2) is 161 Å². The average Bonchev–Trinajstić information content (AvgIpc) is 3.75. The van der Waals surface area contributed by atoms with Crippen molar-refractivity contribution in [1.29, 1.82) is 0 Å². The van der Waals surface area contributed by atoms with E-state index in [1.165, 1.54) is 58.4 Å². The second-order valence-electron chi connectivity index (χ2n) is 15.1. The number of aryl methyl sites for hydroxylation is 1. The van der Waals surface area contributed by atoms with Crippen molar-refractivity contribution in [3.05, 3.63) is 174 Å². The first-order valence-electron chi connectivity index (χ1n) is 19.0. The second-order valence-corrected chi connectivity index (χ2v) is 16.2. The molecule has 10 aromatic rings. The number of anilines is 1. The van der Waals surface area contributed by atoms with Crippen molar-refractivity contribution < 1.29 is 4.42 Å². The second kappa shape index (κ2) is 14.2. The normalized spacial score (nSPS) is 12.1. The SMILES string of the molecule is CC(C)C.Cc1cc(CN=C(c2cccc(-c3ccccc3)c2)c2oc3ccccc3c2N)cc(-c2cc3sc4cccc5c6ccccc6c(c2)c3c45)c1. The van der Waals surface area contributed by atoms with Gasteiger partial charge in [-0.15, -0.1) is 11.3 Å². The maximum atomic E-state index is 6.78. The molecule has 0 saturated heterocycles. The van der Waals surface area contributed by atoms with E-state index in [2.05, 4.69) is 149 Å². The number of aliphatic imine (C=N–C) groups is 1. The van der Waals surface area contributed by atoms with Crippen molar-refractivity contribution in [3.8, 4) is 22.3 Å². The van der Waals surface area contributed by atoms with Gasteiger partial charge in [-0.3, -0.25) is 4.99 Å². The molecule has 0 aliphatic rings. The van der Waals surface area contributed by atoms with Crippen molar-refractivity contribution in [1.82, 2.24) is 0 Å². The number of fused-ring (bicyclic) bond motifs is 4. The van der Waals surface area contributed by atoms with Crippen LogP contribution in [-0.2, 0) is 6.54 Å². The number of benzene rings is 8. The largest absolute Gasteiger partial charge is 0.452 e. The molecule has 0 spiro atoms. The number of para-hydroxylation sites is 1. The van der Waals surface area contributed by atoms with Crippen LogP contribution in [0.25, 0.3) is 74.9 Å². The third-order valence-corrected chi connectivity index (χ3v) is 11.2. The molecule has 268 valence electrons. The lowest BCUT2D eigenvalue weighted by atomic mass is 9.91. The Balaban J connectivity index is 0.000000949. The van der Waals surface area contributed by atoms with Crippen LogP contribution < -0.4 is 5.73 Å². The van der Waals surface area contributed by atoms with E-state index < -0.39 is 0 Å². The fraction of sp³-hybridized carbons (Fsp3) is 0.118. The Morgan fingerprint density at radius 3 is 2.00 bits per heavy atom. The lowest BCUT2D eigenvalue weighted by Gasteiger charge is -2.12. The minimum atomic E-state index is 0.472. The first-order chi connectivity index (χ1) is 26.8. The van der Waals surface area contributed by atoms with Gasteiger partial charge in [0.2, 0.25) is 0 Å². The van der Waals surface area contributed by atoms with E-state index in [0.717, 1.165) is 44.9 Å². The van der Waals surface area contributed by atoms with E-state index in [-0.39, 0.29) is 0 Å². The fourth-order valence-corrected chi connectivity index (χ4v) is 9.00. The van der Waals surface area contributed by atoms with E-state index in [0.29, 0.717) is 18.0 Å². The zero-order chi connectivity index (χ0) is 37.6. The van der Waals surface area contributed by atoms with Crippen LogP contribution in [0.3, 0.4) is 0 Å². The van der Waals surface area contributed by atoms with Gasteiger partial charge in [0, 0.05) is 31.1 Å². The predicted octanol–water partition coefficient (Wildman–Crippen LogP) is 14.5. The summed E-state index contributed by atoms with van der Waals surface area (Å²) in [6.07, 6.45) is 0. The fourth-order valence-electron chi connectivity index (χ4n) is 7.81. The van der Waals surface area contributed by atoms with E-state index in [1.54, 1.807) is 0 Å². The van der Waals surface area contributed by atoms with Gasteiger partial charge in [0.05, 0.1) is 12.2 Å². The Hall–Kier alpha value is -6.23. The molecule has 2 aromatic heterocycles. The van der Waals surface area contributed by atoms with E-state index in [4.69, 9.17) is 15.1 Å². The quantitative estimate of drug-likeness (QED) is 0.137. The lowest BCUT2D eigenvalue weighted by molar-refractivity contribution is 0.606. The zero-order valence-electron chi connectivity index (χ0n) is 31.6. The first-order valence-corrected chi connectivity index (χ1v) is 19.8. The third kappa shape index (κ3) is 6.43. The zero-order valence-corrected chi connectivity index (χ0v) is 32.4. The topological polar surface area (TPSA) is 51.5 Å². The van der Waals surface area contributed by atoms with Gasteiger partial charge in [-0.05, 0) is 105 Å². The monoisotopic (exact) mass is 730 g/mol. The van der Waals surface area contributed by atoms with Crippen LogP contribution in [0.2, 0.25) is 0 Å². The smallest absolute Gasteiger partial charge is 0.176 e. The minimum absolute atomic E-state index is 0.472. The highest BCUT2D eigenvalue weighted by Gasteiger charge is 2.20. The summed E-state index contributed by atoms with van der Waals surface area (Å²) < 4.78 is 9.09. The summed E-state index contributed by atoms with van der Waals surface area (Å²) in [6.45, 7) is 9.14. The Morgan fingerprint density at radius 1 is 0.582 bits per heavy atom. The number of hydrogen-bond acceptors (Lipinski definition) is 4. The van der Waals surface area contributed by atoms with Crippen LogP contribution in [0.5, 0.6) is 0 Å². The molecule has 0 fully saturated rings. The Labute approximate surface area is 325 Å². The molecular weight excluding hydrogens is 689 g/mol. The molecule has 2 heterocycles. The molecular formula is C51H42N2OS. The summed E-state index contributed by atoms with van der Waals surface area (Å²) in [7, 11) is 0. The summed E-state index contributed by atoms with van der Waals surface area (Å²) >= 11 is 1.89. The molecule has 0 atom stereocenters. The predicted molar refractivity (Wildman–Crippen MR) is 238 cm³/mol. The van der Waals surface area contributed by atoms with Crippen LogP contribution in [-0.4, -0.2) is 5.71 Å². The summed E-state index contributed by atoms with van der Waals surface area (Å²) in [6, 6.07) is 53.9. The Kier molecular flexibility index (Phi) is 8.92. The Bertz CT molecular complexity index is 3020. The van der Waals surface area contributed by atoms with Crippen LogP contribution in [0.4, 0.5) is 5.69 Å². The number of rotatable bonds is 6. The molecule has 0 amide bonds. The van der Waals surface area contributed by atoms with Crippen molar-refractivity contribution >= 4 is 75.4 Å². The molecule has 0 bridgehead atoms.